The van der Waals surface area contributed by atoms with Crippen LogP contribution in [0.1, 0.15) is 36.5 Å². The Bertz CT molecular complexity index is 458. The Balaban J connectivity index is 2.47. The van der Waals surface area contributed by atoms with Gasteiger partial charge in [-0.2, -0.15) is 0 Å². The Morgan fingerprint density at radius 1 is 1.19 bits per heavy atom. The van der Waals surface area contributed by atoms with Gasteiger partial charge < -0.3 is 4.74 Å². The summed E-state index contributed by atoms with van der Waals surface area (Å²) in [5.74, 6) is 1.06. The molecule has 0 aromatic heterocycles. The highest BCUT2D eigenvalue weighted by molar-refractivity contribution is 14.1. The van der Waals surface area contributed by atoms with Crippen LogP contribution >= 0.6 is 22.6 Å². The van der Waals surface area contributed by atoms with Crippen molar-refractivity contribution in [2.75, 3.05) is 0 Å². The van der Waals surface area contributed by atoms with E-state index in [-0.39, 0.29) is 0 Å². The summed E-state index contributed by atoms with van der Waals surface area (Å²) in [5, 5.41) is 0. The molecule has 0 spiro atoms. The van der Waals surface area contributed by atoms with Crippen LogP contribution in [0.15, 0.2) is 27.7 Å². The molecule has 0 aliphatic carbocycles. The van der Waals surface area contributed by atoms with E-state index < -0.39 is 0 Å². The highest BCUT2D eigenvalue weighted by Crippen LogP contribution is 2.28. The van der Waals surface area contributed by atoms with Crippen LogP contribution in [0, 0.1) is 6.92 Å². The van der Waals surface area contributed by atoms with Crippen LogP contribution in [-0.4, -0.2) is 0 Å². The van der Waals surface area contributed by atoms with Gasteiger partial charge >= 0.3 is 0 Å². The molecule has 1 nitrogen and oxygen atoms in total. The van der Waals surface area contributed by atoms with E-state index in [0.29, 0.717) is 0 Å². The number of halogens is 1. The molecule has 1 heterocycles. The van der Waals surface area contributed by atoms with Gasteiger partial charge in [0.25, 0.3) is 0 Å². The Labute approximate surface area is 110 Å². The lowest BCUT2D eigenvalue weighted by atomic mass is 10.0. The fraction of sp³-hybridized carbons (Fsp3) is 0.286. The first kappa shape index (κ1) is 11.7. The fourth-order valence-electron chi connectivity index (χ4n) is 1.80. The zero-order valence-corrected chi connectivity index (χ0v) is 11.7. The zero-order valence-electron chi connectivity index (χ0n) is 9.59. The Morgan fingerprint density at radius 2 is 2.00 bits per heavy atom. The summed E-state index contributed by atoms with van der Waals surface area (Å²) >= 11 is 2.24. The van der Waals surface area contributed by atoms with E-state index in [2.05, 4.69) is 66.8 Å². The molecule has 0 bridgehead atoms. The molecule has 1 aliphatic rings. The highest BCUT2D eigenvalue weighted by Gasteiger charge is 2.09. The second kappa shape index (κ2) is 5.04. The summed E-state index contributed by atoms with van der Waals surface area (Å²) < 4.78 is 6.73. The number of benzene rings is 1. The van der Waals surface area contributed by atoms with Crippen LogP contribution in [0.25, 0.3) is 12.2 Å². The van der Waals surface area contributed by atoms with Gasteiger partial charge in [-0.15, -0.1) is 0 Å². The van der Waals surface area contributed by atoms with Gasteiger partial charge in [-0.1, -0.05) is 30.7 Å². The Morgan fingerprint density at radius 3 is 2.75 bits per heavy atom. The minimum absolute atomic E-state index is 0.946. The van der Waals surface area contributed by atoms with Crippen LogP contribution in [0.5, 0.6) is 0 Å². The summed E-state index contributed by atoms with van der Waals surface area (Å²) in [5.41, 5.74) is 3.78. The average molecular weight is 326 g/mol. The molecular formula is C14H15IO. The van der Waals surface area contributed by atoms with E-state index in [1.54, 1.807) is 0 Å². The molecule has 16 heavy (non-hydrogen) atoms. The normalized spacial score (nSPS) is 14.4. The number of fused-ring (bicyclic) bond motifs is 1. The molecule has 0 N–H and O–H groups in total. The minimum atomic E-state index is 0.946. The first-order valence-corrected chi connectivity index (χ1v) is 6.63. The molecular weight excluding hydrogens is 311 g/mol. The van der Waals surface area contributed by atoms with E-state index in [1.807, 2.05) is 0 Å². The molecule has 2 heteroatoms. The van der Waals surface area contributed by atoms with Crippen molar-refractivity contribution in [3.63, 3.8) is 0 Å². The topological polar surface area (TPSA) is 9.23 Å². The van der Waals surface area contributed by atoms with Crippen molar-refractivity contribution < 1.29 is 4.74 Å². The maximum atomic E-state index is 5.78. The van der Waals surface area contributed by atoms with Crippen LogP contribution in [0.3, 0.4) is 0 Å². The zero-order chi connectivity index (χ0) is 11.5. The van der Waals surface area contributed by atoms with Crippen LogP contribution < -0.4 is 0 Å². The molecule has 0 saturated heterocycles. The second-order valence-electron chi connectivity index (χ2n) is 4.04. The summed E-state index contributed by atoms with van der Waals surface area (Å²) in [6, 6.07) is 6.50. The Hall–Kier alpha value is -0.770. The number of ether oxygens (including phenoxy) is 1. The monoisotopic (exact) mass is 326 g/mol. The predicted molar refractivity (Wildman–Crippen MR) is 77.1 cm³/mol. The van der Waals surface area contributed by atoms with Crippen molar-refractivity contribution in [1.82, 2.24) is 0 Å². The standard InChI is InChI=1S/C14H15IO/c1-3-4-13-8-11-6-5-10(2)7-12(11)9-14(15)16-13/h5-9H,3-4H2,1-2H3. The molecule has 1 aliphatic heterocycles. The van der Waals surface area contributed by atoms with Gasteiger partial charge in [-0.3, -0.25) is 0 Å². The molecule has 0 unspecified atom stereocenters. The van der Waals surface area contributed by atoms with E-state index in [0.717, 1.165) is 22.4 Å². The molecule has 0 amide bonds. The maximum Gasteiger partial charge on any atom is 0.164 e. The van der Waals surface area contributed by atoms with E-state index in [9.17, 15) is 0 Å². The number of rotatable bonds is 2. The minimum Gasteiger partial charge on any atom is -0.455 e. The molecule has 0 fully saturated rings. The van der Waals surface area contributed by atoms with Gasteiger partial charge in [0.05, 0.1) is 0 Å². The van der Waals surface area contributed by atoms with Crippen LogP contribution in [0.2, 0.25) is 0 Å². The van der Waals surface area contributed by atoms with Crippen LogP contribution in [-0.2, 0) is 4.74 Å². The van der Waals surface area contributed by atoms with Gasteiger partial charge in [-0.25, -0.2) is 0 Å². The largest absolute Gasteiger partial charge is 0.455 e. The third-order valence-corrected chi connectivity index (χ3v) is 3.08. The van der Waals surface area contributed by atoms with Crippen molar-refractivity contribution in [3.8, 4) is 0 Å². The molecule has 0 radical (unpaired) electrons. The molecule has 2 rings (SSSR count). The Kier molecular flexibility index (Phi) is 3.69. The fourth-order valence-corrected chi connectivity index (χ4v) is 2.42. The first-order chi connectivity index (χ1) is 7.69. The highest BCUT2D eigenvalue weighted by atomic mass is 127. The van der Waals surface area contributed by atoms with Gasteiger partial charge in [0.15, 0.2) is 3.77 Å². The predicted octanol–water partition coefficient (Wildman–Crippen LogP) is 4.90. The lowest BCUT2D eigenvalue weighted by Gasteiger charge is -2.05. The summed E-state index contributed by atoms with van der Waals surface area (Å²) in [6.45, 7) is 4.28. The van der Waals surface area contributed by atoms with Crippen molar-refractivity contribution >= 4 is 34.7 Å². The smallest absolute Gasteiger partial charge is 0.164 e. The molecule has 0 atom stereocenters. The van der Waals surface area contributed by atoms with Crippen molar-refractivity contribution in [1.29, 1.82) is 0 Å². The number of hydrogen-bond donors (Lipinski definition) is 0. The quantitative estimate of drug-likeness (QED) is 0.703. The molecule has 1 aromatic carbocycles. The van der Waals surface area contributed by atoms with Crippen molar-refractivity contribution in [2.45, 2.75) is 26.7 Å². The summed E-state index contributed by atoms with van der Waals surface area (Å²) in [6.07, 6.45) is 6.35. The lowest BCUT2D eigenvalue weighted by molar-refractivity contribution is 0.335. The van der Waals surface area contributed by atoms with Gasteiger partial charge in [0.2, 0.25) is 0 Å². The number of hydrogen-bond acceptors (Lipinski definition) is 1. The van der Waals surface area contributed by atoms with Gasteiger partial charge in [0.1, 0.15) is 5.76 Å². The second-order valence-corrected chi connectivity index (χ2v) is 5.11. The van der Waals surface area contributed by atoms with Gasteiger partial charge in [0, 0.05) is 6.42 Å². The van der Waals surface area contributed by atoms with Crippen molar-refractivity contribution in [2.24, 2.45) is 0 Å². The average Bonchev–Trinajstić information content (AvgIpc) is 2.36. The summed E-state index contributed by atoms with van der Waals surface area (Å²) in [4.78, 5) is 0. The first-order valence-electron chi connectivity index (χ1n) is 5.55. The molecule has 1 aromatic rings. The molecule has 84 valence electrons. The van der Waals surface area contributed by atoms with E-state index >= 15 is 0 Å². The van der Waals surface area contributed by atoms with Gasteiger partial charge in [-0.05, 0) is 59.2 Å². The van der Waals surface area contributed by atoms with Crippen LogP contribution in [0.4, 0.5) is 0 Å². The van der Waals surface area contributed by atoms with E-state index in [1.165, 1.54) is 16.7 Å². The summed E-state index contributed by atoms with van der Waals surface area (Å²) in [7, 11) is 0. The number of allylic oxidation sites excluding steroid dienone is 1. The number of aryl methyl sites for hydroxylation is 1. The van der Waals surface area contributed by atoms with E-state index in [4.69, 9.17) is 4.74 Å². The van der Waals surface area contributed by atoms with Crippen molar-refractivity contribution in [3.05, 3.63) is 44.4 Å². The third-order valence-electron chi connectivity index (χ3n) is 2.55. The molecule has 0 saturated carbocycles. The lowest BCUT2D eigenvalue weighted by Crippen LogP contribution is -1.86. The third kappa shape index (κ3) is 2.67. The SMILES string of the molecule is CCCC1=Cc2ccc(C)cc2C=C(I)O1. The maximum absolute atomic E-state index is 5.78.